The zero-order valence-electron chi connectivity index (χ0n) is 14.5. The van der Waals surface area contributed by atoms with Crippen LogP contribution in [0, 0.1) is 17.8 Å². The van der Waals surface area contributed by atoms with Crippen molar-refractivity contribution in [3.8, 4) is 0 Å². The molecular formula is C15H17N7O2S3. The summed E-state index contributed by atoms with van der Waals surface area (Å²) < 4.78 is 28.0. The van der Waals surface area contributed by atoms with Crippen LogP contribution in [0.5, 0.6) is 0 Å². The summed E-state index contributed by atoms with van der Waals surface area (Å²) in [6.07, 6.45) is 0. The van der Waals surface area contributed by atoms with E-state index in [1.54, 1.807) is 32.0 Å². The molecule has 0 aliphatic carbocycles. The summed E-state index contributed by atoms with van der Waals surface area (Å²) in [4.78, 5) is 8.31. The minimum absolute atomic E-state index is 0.0558. The van der Waals surface area contributed by atoms with Gasteiger partial charge in [-0.1, -0.05) is 11.3 Å². The Labute approximate surface area is 165 Å². The fraction of sp³-hybridized carbons (Fsp3) is 0.200. The van der Waals surface area contributed by atoms with Crippen molar-refractivity contribution in [2.75, 3.05) is 22.0 Å². The highest BCUT2D eigenvalue weighted by molar-refractivity contribution is 7.92. The van der Waals surface area contributed by atoms with Crippen LogP contribution in [-0.4, -0.2) is 35.3 Å². The minimum atomic E-state index is -3.77. The van der Waals surface area contributed by atoms with Gasteiger partial charge in [-0.2, -0.15) is 0 Å². The van der Waals surface area contributed by atoms with Crippen LogP contribution in [0.15, 0.2) is 35.2 Å². The van der Waals surface area contributed by atoms with E-state index < -0.39 is 10.0 Å². The third kappa shape index (κ3) is 5.21. The molecule has 0 bridgehead atoms. The normalized spacial score (nSPS) is 11.2. The van der Waals surface area contributed by atoms with E-state index >= 15 is 0 Å². The number of aromatic amines is 1. The van der Waals surface area contributed by atoms with Crippen LogP contribution in [0.2, 0.25) is 0 Å². The Morgan fingerprint density at radius 1 is 1.11 bits per heavy atom. The lowest BCUT2D eigenvalue weighted by atomic mass is 10.3. The Hall–Kier alpha value is -2.57. The molecule has 3 aromatic rings. The van der Waals surface area contributed by atoms with Crippen LogP contribution < -0.4 is 15.4 Å². The molecule has 2 heterocycles. The van der Waals surface area contributed by atoms with E-state index in [-0.39, 0.29) is 10.8 Å². The Kier molecular flexibility index (Phi) is 5.68. The fourth-order valence-electron chi connectivity index (χ4n) is 2.23. The van der Waals surface area contributed by atoms with Crippen LogP contribution in [0.4, 0.5) is 16.8 Å². The van der Waals surface area contributed by atoms with Gasteiger partial charge in [-0.25, -0.2) is 23.1 Å². The van der Waals surface area contributed by atoms with Crippen LogP contribution in [0.1, 0.15) is 11.4 Å². The molecule has 0 aliphatic rings. The van der Waals surface area contributed by atoms with Gasteiger partial charge in [0, 0.05) is 17.1 Å². The molecule has 4 N–H and O–H groups in total. The number of sulfonamides is 1. The fourth-order valence-corrected chi connectivity index (χ4v) is 3.96. The number of rotatable bonds is 7. The van der Waals surface area contributed by atoms with E-state index in [0.29, 0.717) is 27.1 Å². The smallest absolute Gasteiger partial charge is 0.264 e. The molecule has 0 radical (unpaired) electrons. The Morgan fingerprint density at radius 2 is 1.78 bits per heavy atom. The average Bonchev–Trinajstić information content (AvgIpc) is 2.99. The van der Waals surface area contributed by atoms with Crippen LogP contribution in [-0.2, 0) is 10.0 Å². The van der Waals surface area contributed by atoms with Gasteiger partial charge in [0.15, 0.2) is 3.95 Å². The molecule has 0 atom stereocenters. The van der Waals surface area contributed by atoms with Crippen molar-refractivity contribution < 1.29 is 8.42 Å². The second-order valence-corrected chi connectivity index (χ2v) is 8.90. The predicted octanol–water partition coefficient (Wildman–Crippen LogP) is 2.89. The summed E-state index contributed by atoms with van der Waals surface area (Å²) >= 11 is 6.28. The maximum atomic E-state index is 12.5. The van der Waals surface area contributed by atoms with Crippen LogP contribution >= 0.6 is 23.6 Å². The van der Waals surface area contributed by atoms with E-state index in [1.165, 1.54) is 23.5 Å². The summed E-state index contributed by atoms with van der Waals surface area (Å²) in [5.74, 6) is 0.0558. The Morgan fingerprint density at radius 3 is 2.37 bits per heavy atom. The Bertz CT molecular complexity index is 1070. The third-order valence-electron chi connectivity index (χ3n) is 3.34. The predicted molar refractivity (Wildman–Crippen MR) is 108 cm³/mol. The van der Waals surface area contributed by atoms with E-state index in [0.717, 1.165) is 5.69 Å². The SMILES string of the molecule is Cc1cc(C)nc(NS(=O)(=O)c2ccc(NCNc3n[nH]c(=S)s3)cc2)n1. The van der Waals surface area contributed by atoms with Crippen LogP contribution in [0.25, 0.3) is 0 Å². The molecule has 27 heavy (non-hydrogen) atoms. The molecular weight excluding hydrogens is 406 g/mol. The molecule has 0 aliphatic heterocycles. The zero-order valence-corrected chi connectivity index (χ0v) is 16.9. The summed E-state index contributed by atoms with van der Waals surface area (Å²) in [6, 6.07) is 8.12. The molecule has 3 rings (SSSR count). The summed E-state index contributed by atoms with van der Waals surface area (Å²) in [7, 11) is -3.77. The molecule has 1 aromatic carbocycles. The number of benzene rings is 1. The number of hydrogen-bond acceptors (Lipinski definition) is 9. The lowest BCUT2D eigenvalue weighted by Gasteiger charge is -2.10. The van der Waals surface area contributed by atoms with Gasteiger partial charge in [0.2, 0.25) is 11.1 Å². The second-order valence-electron chi connectivity index (χ2n) is 5.55. The maximum absolute atomic E-state index is 12.5. The highest BCUT2D eigenvalue weighted by Crippen LogP contribution is 2.17. The Balaban J connectivity index is 1.63. The first-order valence-electron chi connectivity index (χ1n) is 7.80. The van der Waals surface area contributed by atoms with Crippen LogP contribution in [0.3, 0.4) is 0 Å². The molecule has 0 unspecified atom stereocenters. The number of nitrogens with one attached hydrogen (secondary N) is 4. The maximum Gasteiger partial charge on any atom is 0.264 e. The van der Waals surface area contributed by atoms with Gasteiger partial charge in [0.05, 0.1) is 11.6 Å². The molecule has 0 amide bonds. The molecule has 0 spiro atoms. The molecule has 2 aromatic heterocycles. The van der Waals surface area contributed by atoms with Gasteiger partial charge in [-0.15, -0.1) is 5.10 Å². The lowest BCUT2D eigenvalue weighted by molar-refractivity contribution is 0.601. The number of aryl methyl sites for hydroxylation is 2. The van der Waals surface area contributed by atoms with E-state index in [1.807, 2.05) is 0 Å². The number of aromatic nitrogens is 4. The molecule has 0 fully saturated rings. The van der Waals surface area contributed by atoms with E-state index in [2.05, 4.69) is 35.5 Å². The lowest BCUT2D eigenvalue weighted by Crippen LogP contribution is -2.16. The minimum Gasteiger partial charge on any atom is -0.368 e. The van der Waals surface area contributed by atoms with Gasteiger partial charge < -0.3 is 10.6 Å². The second kappa shape index (κ2) is 7.98. The van der Waals surface area contributed by atoms with Crippen molar-refractivity contribution in [2.24, 2.45) is 0 Å². The van der Waals surface area contributed by atoms with Crippen molar-refractivity contribution >= 4 is 50.3 Å². The highest BCUT2D eigenvalue weighted by Gasteiger charge is 2.16. The molecule has 142 valence electrons. The standard InChI is InChI=1S/C15H17N7O2S3/c1-9-7-10(2)19-13(18-9)22-27(23,24)12-5-3-11(4-6-12)16-8-17-14-20-21-15(25)26-14/h3-7,16H,8H2,1-2H3,(H,17,20)(H,21,25)(H,18,19,22). The number of H-pyrrole nitrogens is 1. The largest absolute Gasteiger partial charge is 0.368 e. The average molecular weight is 424 g/mol. The zero-order chi connectivity index (χ0) is 19.4. The van der Waals surface area contributed by atoms with Gasteiger partial charge in [0.1, 0.15) is 0 Å². The summed E-state index contributed by atoms with van der Waals surface area (Å²) in [5.41, 5.74) is 2.13. The van der Waals surface area contributed by atoms with E-state index in [4.69, 9.17) is 12.2 Å². The number of nitrogens with zero attached hydrogens (tertiary/aromatic N) is 3. The topological polar surface area (TPSA) is 125 Å². The van der Waals surface area contributed by atoms with Crippen molar-refractivity contribution in [1.29, 1.82) is 0 Å². The van der Waals surface area contributed by atoms with Gasteiger partial charge >= 0.3 is 0 Å². The van der Waals surface area contributed by atoms with Crippen molar-refractivity contribution in [3.05, 3.63) is 45.7 Å². The van der Waals surface area contributed by atoms with Crippen molar-refractivity contribution in [1.82, 2.24) is 20.2 Å². The molecule has 0 saturated carbocycles. The first kappa shape index (κ1) is 19.2. The molecule has 0 saturated heterocycles. The van der Waals surface area contributed by atoms with Gasteiger partial charge in [-0.3, -0.25) is 5.10 Å². The monoisotopic (exact) mass is 423 g/mol. The van der Waals surface area contributed by atoms with Gasteiger partial charge in [0.25, 0.3) is 10.0 Å². The first-order valence-corrected chi connectivity index (χ1v) is 10.5. The van der Waals surface area contributed by atoms with E-state index in [9.17, 15) is 8.42 Å². The first-order chi connectivity index (χ1) is 12.8. The van der Waals surface area contributed by atoms with Crippen molar-refractivity contribution in [3.63, 3.8) is 0 Å². The van der Waals surface area contributed by atoms with Crippen molar-refractivity contribution in [2.45, 2.75) is 18.7 Å². The third-order valence-corrected chi connectivity index (χ3v) is 5.73. The quantitative estimate of drug-likeness (QED) is 0.338. The summed E-state index contributed by atoms with van der Waals surface area (Å²) in [6.45, 7) is 3.97. The highest BCUT2D eigenvalue weighted by atomic mass is 32.2. The number of hydrogen-bond donors (Lipinski definition) is 4. The number of anilines is 3. The van der Waals surface area contributed by atoms with Gasteiger partial charge in [-0.05, 0) is 56.4 Å². The molecule has 12 heteroatoms. The summed E-state index contributed by atoms with van der Waals surface area (Å²) in [5, 5.41) is 13.5. The molecule has 9 nitrogen and oxygen atoms in total.